The molecule has 0 spiro atoms. The summed E-state index contributed by atoms with van der Waals surface area (Å²) >= 11 is 1.49. The molecule has 5 rings (SSSR count). The smallest absolute Gasteiger partial charge is 0.257 e. The molecule has 2 heterocycles. The normalized spacial score (nSPS) is 11.0. The molecular formula is C25H19N3O2S. The highest BCUT2D eigenvalue weighted by Gasteiger charge is 2.15. The minimum atomic E-state index is -0.210. The number of benzene rings is 3. The minimum Gasteiger partial charge on any atom is -0.355 e. The summed E-state index contributed by atoms with van der Waals surface area (Å²) in [5, 5.41) is 8.41. The van der Waals surface area contributed by atoms with Crippen LogP contribution < -0.4 is 5.32 Å². The van der Waals surface area contributed by atoms with Crippen LogP contribution in [0, 0.1) is 6.92 Å². The maximum atomic E-state index is 12.8. The molecule has 0 atom stereocenters. The Bertz CT molecular complexity index is 1350. The van der Waals surface area contributed by atoms with E-state index in [1.165, 1.54) is 22.5 Å². The van der Waals surface area contributed by atoms with Crippen molar-refractivity contribution in [2.45, 2.75) is 13.3 Å². The number of carbonyl (C=O) groups excluding carboxylic acids is 1. The van der Waals surface area contributed by atoms with Crippen molar-refractivity contribution in [3.63, 3.8) is 0 Å². The van der Waals surface area contributed by atoms with Crippen molar-refractivity contribution < 1.29 is 9.32 Å². The molecule has 31 heavy (non-hydrogen) atoms. The van der Waals surface area contributed by atoms with Gasteiger partial charge in [-0.05, 0) is 30.7 Å². The first-order valence-corrected chi connectivity index (χ1v) is 10.7. The van der Waals surface area contributed by atoms with E-state index in [1.807, 2.05) is 42.6 Å². The fraction of sp³-hybridized carbons (Fsp3) is 0.0800. The third-order valence-corrected chi connectivity index (χ3v) is 5.96. The van der Waals surface area contributed by atoms with Crippen LogP contribution in [0.4, 0.5) is 5.13 Å². The molecule has 0 saturated heterocycles. The van der Waals surface area contributed by atoms with Crippen LogP contribution in [-0.4, -0.2) is 16.0 Å². The SMILES string of the molecule is Cc1ccc(Cc2cnc(NC(=O)c3ccc4noc(-c5ccccc5)c4c3)s2)cc1. The van der Waals surface area contributed by atoms with E-state index >= 15 is 0 Å². The van der Waals surface area contributed by atoms with Crippen LogP contribution in [0.25, 0.3) is 22.2 Å². The quantitative estimate of drug-likeness (QED) is 0.369. The van der Waals surface area contributed by atoms with Gasteiger partial charge in [0.05, 0.1) is 5.39 Å². The molecule has 1 N–H and O–H groups in total. The van der Waals surface area contributed by atoms with E-state index < -0.39 is 0 Å². The third kappa shape index (κ3) is 4.11. The molecule has 0 radical (unpaired) electrons. The monoisotopic (exact) mass is 425 g/mol. The number of thiazole rings is 1. The zero-order valence-corrected chi connectivity index (χ0v) is 17.6. The summed E-state index contributed by atoms with van der Waals surface area (Å²) in [7, 11) is 0. The Morgan fingerprint density at radius 2 is 1.84 bits per heavy atom. The summed E-state index contributed by atoms with van der Waals surface area (Å²) in [6.07, 6.45) is 2.61. The van der Waals surface area contributed by atoms with Gasteiger partial charge in [0.25, 0.3) is 5.91 Å². The predicted molar refractivity (Wildman–Crippen MR) is 123 cm³/mol. The Labute approximate surface area is 183 Å². The first kappa shape index (κ1) is 19.2. The molecule has 0 fully saturated rings. The number of aryl methyl sites for hydroxylation is 1. The second-order valence-corrected chi connectivity index (χ2v) is 8.47. The van der Waals surface area contributed by atoms with Crippen molar-refractivity contribution in [3.05, 3.63) is 101 Å². The van der Waals surface area contributed by atoms with Crippen LogP contribution in [-0.2, 0) is 6.42 Å². The molecule has 2 aromatic heterocycles. The lowest BCUT2D eigenvalue weighted by molar-refractivity contribution is 0.102. The molecule has 3 aromatic carbocycles. The van der Waals surface area contributed by atoms with Gasteiger partial charge in [-0.25, -0.2) is 4.98 Å². The highest BCUT2D eigenvalue weighted by Crippen LogP contribution is 2.29. The Balaban J connectivity index is 1.35. The van der Waals surface area contributed by atoms with Crippen molar-refractivity contribution in [2.75, 3.05) is 5.32 Å². The molecule has 5 aromatic rings. The Morgan fingerprint density at radius 1 is 1.03 bits per heavy atom. The van der Waals surface area contributed by atoms with E-state index in [1.54, 1.807) is 12.1 Å². The molecule has 0 aliphatic heterocycles. The van der Waals surface area contributed by atoms with Crippen molar-refractivity contribution in [1.82, 2.24) is 10.1 Å². The summed E-state index contributed by atoms with van der Waals surface area (Å²) in [6.45, 7) is 2.07. The summed E-state index contributed by atoms with van der Waals surface area (Å²) in [5.74, 6) is 0.443. The summed E-state index contributed by atoms with van der Waals surface area (Å²) < 4.78 is 5.53. The highest BCUT2D eigenvalue weighted by molar-refractivity contribution is 7.15. The van der Waals surface area contributed by atoms with E-state index in [2.05, 4.69) is 46.6 Å². The lowest BCUT2D eigenvalue weighted by Gasteiger charge is -2.02. The van der Waals surface area contributed by atoms with E-state index in [0.717, 1.165) is 22.2 Å². The number of nitrogens with one attached hydrogen (secondary N) is 1. The molecule has 152 valence electrons. The van der Waals surface area contributed by atoms with Crippen LogP contribution in [0.2, 0.25) is 0 Å². The summed E-state index contributed by atoms with van der Waals surface area (Å²) in [6, 6.07) is 23.5. The van der Waals surface area contributed by atoms with Gasteiger partial charge in [-0.3, -0.25) is 10.1 Å². The van der Waals surface area contributed by atoms with Crippen LogP contribution in [0.3, 0.4) is 0 Å². The average Bonchev–Trinajstić information content (AvgIpc) is 3.42. The zero-order chi connectivity index (χ0) is 21.2. The lowest BCUT2D eigenvalue weighted by atomic mass is 10.1. The van der Waals surface area contributed by atoms with Gasteiger partial charge in [0.1, 0.15) is 5.52 Å². The second kappa shape index (κ2) is 8.16. The molecule has 0 unspecified atom stereocenters. The number of aromatic nitrogens is 2. The standard InChI is InChI=1S/C25H19N3O2S/c1-16-7-9-17(10-8-16)13-20-15-26-25(31-20)27-24(29)19-11-12-22-21(14-19)23(30-28-22)18-5-3-2-4-6-18/h2-12,14-15H,13H2,1H3,(H,26,27,29). The highest BCUT2D eigenvalue weighted by atomic mass is 32.1. The molecule has 0 aliphatic rings. The molecule has 0 bridgehead atoms. The van der Waals surface area contributed by atoms with E-state index in [-0.39, 0.29) is 5.91 Å². The van der Waals surface area contributed by atoms with Gasteiger partial charge in [0.15, 0.2) is 10.9 Å². The average molecular weight is 426 g/mol. The topological polar surface area (TPSA) is 68.0 Å². The predicted octanol–water partition coefficient (Wildman–Crippen LogP) is 6.10. The van der Waals surface area contributed by atoms with Crippen LogP contribution in [0.5, 0.6) is 0 Å². The summed E-state index contributed by atoms with van der Waals surface area (Å²) in [5.41, 5.74) is 4.62. The molecular weight excluding hydrogens is 406 g/mol. The van der Waals surface area contributed by atoms with Gasteiger partial charge < -0.3 is 4.52 Å². The fourth-order valence-electron chi connectivity index (χ4n) is 3.40. The van der Waals surface area contributed by atoms with Crippen LogP contribution >= 0.6 is 11.3 Å². The maximum Gasteiger partial charge on any atom is 0.257 e. The van der Waals surface area contributed by atoms with Crippen molar-refractivity contribution >= 4 is 33.3 Å². The minimum absolute atomic E-state index is 0.210. The van der Waals surface area contributed by atoms with E-state index in [9.17, 15) is 4.79 Å². The van der Waals surface area contributed by atoms with Gasteiger partial charge in [-0.15, -0.1) is 11.3 Å². The Kier molecular flexibility index (Phi) is 5.06. The number of hydrogen-bond acceptors (Lipinski definition) is 5. The number of anilines is 1. The number of hydrogen-bond donors (Lipinski definition) is 1. The van der Waals surface area contributed by atoms with Gasteiger partial charge >= 0.3 is 0 Å². The Hall–Kier alpha value is -3.77. The van der Waals surface area contributed by atoms with Gasteiger partial charge in [-0.1, -0.05) is 65.3 Å². The molecule has 0 aliphatic carbocycles. The van der Waals surface area contributed by atoms with Gasteiger partial charge in [-0.2, -0.15) is 0 Å². The third-order valence-electron chi connectivity index (χ3n) is 5.05. The van der Waals surface area contributed by atoms with Crippen LogP contribution in [0.1, 0.15) is 26.4 Å². The number of rotatable bonds is 5. The lowest BCUT2D eigenvalue weighted by Crippen LogP contribution is -2.11. The fourth-order valence-corrected chi connectivity index (χ4v) is 4.25. The molecule has 6 heteroatoms. The van der Waals surface area contributed by atoms with E-state index in [0.29, 0.717) is 22.0 Å². The molecule has 5 nitrogen and oxygen atoms in total. The Morgan fingerprint density at radius 3 is 2.65 bits per heavy atom. The number of carbonyl (C=O) groups is 1. The molecule has 0 saturated carbocycles. The van der Waals surface area contributed by atoms with Crippen molar-refractivity contribution in [2.24, 2.45) is 0 Å². The number of fused-ring (bicyclic) bond motifs is 1. The number of nitrogens with zero attached hydrogens (tertiary/aromatic N) is 2. The van der Waals surface area contributed by atoms with Crippen LogP contribution in [0.15, 0.2) is 83.5 Å². The van der Waals surface area contributed by atoms with Gasteiger partial charge in [0, 0.05) is 28.6 Å². The van der Waals surface area contributed by atoms with Crippen molar-refractivity contribution in [3.8, 4) is 11.3 Å². The zero-order valence-electron chi connectivity index (χ0n) is 16.8. The van der Waals surface area contributed by atoms with Gasteiger partial charge in [0.2, 0.25) is 0 Å². The largest absolute Gasteiger partial charge is 0.355 e. The number of amides is 1. The van der Waals surface area contributed by atoms with Crippen molar-refractivity contribution in [1.29, 1.82) is 0 Å². The maximum absolute atomic E-state index is 12.8. The van der Waals surface area contributed by atoms with E-state index in [4.69, 9.17) is 4.52 Å². The first-order valence-electron chi connectivity index (χ1n) is 9.92. The molecule has 1 amide bonds. The summed E-state index contributed by atoms with van der Waals surface area (Å²) in [4.78, 5) is 18.3. The second-order valence-electron chi connectivity index (χ2n) is 7.36. The first-order chi connectivity index (χ1) is 15.2.